The predicted molar refractivity (Wildman–Crippen MR) is 47.3 cm³/mol. The summed E-state index contributed by atoms with van der Waals surface area (Å²) in [4.78, 5) is 4.06. The van der Waals surface area contributed by atoms with Crippen molar-refractivity contribution in [3.05, 3.63) is 11.8 Å². The Morgan fingerprint density at radius 1 is 1.70 bits per heavy atom. The lowest BCUT2D eigenvalue weighted by Crippen LogP contribution is -2.23. The highest BCUT2D eigenvalue weighted by Crippen LogP contribution is 2.21. The van der Waals surface area contributed by atoms with Gasteiger partial charge < -0.3 is 5.32 Å². The van der Waals surface area contributed by atoms with Crippen molar-refractivity contribution in [2.24, 2.45) is 4.99 Å². The number of hydrogen-bond donors (Lipinski definition) is 1. The van der Waals surface area contributed by atoms with Crippen molar-refractivity contribution in [2.45, 2.75) is 19.1 Å². The number of nitrogens with zero attached hydrogens (tertiary/aromatic N) is 1. The lowest BCUT2D eigenvalue weighted by Gasteiger charge is -2.18. The van der Waals surface area contributed by atoms with E-state index in [2.05, 4.69) is 24.2 Å². The highest BCUT2D eigenvalue weighted by molar-refractivity contribution is 8.14. The first-order valence-electron chi connectivity index (χ1n) is 3.30. The molecule has 1 aliphatic heterocycles. The molecule has 0 amide bonds. The lowest BCUT2D eigenvalue weighted by molar-refractivity contribution is 1.06. The van der Waals surface area contributed by atoms with Gasteiger partial charge in [-0.2, -0.15) is 0 Å². The van der Waals surface area contributed by atoms with Crippen molar-refractivity contribution in [1.29, 1.82) is 0 Å². The first-order valence-corrected chi connectivity index (χ1v) is 4.18. The largest absolute Gasteiger partial charge is 0.342 e. The molecule has 1 rings (SSSR count). The van der Waals surface area contributed by atoms with Crippen LogP contribution in [0, 0.1) is 0 Å². The molecule has 0 bridgehead atoms. The van der Waals surface area contributed by atoms with Crippen LogP contribution in [0.3, 0.4) is 0 Å². The normalized spacial score (nSPS) is 29.7. The molecule has 1 heterocycles. The quantitative estimate of drug-likeness (QED) is 0.576. The van der Waals surface area contributed by atoms with Gasteiger partial charge in [-0.05, 0) is 19.4 Å². The average Bonchev–Trinajstić information content (AvgIpc) is 1.95. The van der Waals surface area contributed by atoms with Gasteiger partial charge in [-0.15, -0.1) is 0 Å². The highest BCUT2D eigenvalue weighted by Gasteiger charge is 2.12. The molecule has 10 heavy (non-hydrogen) atoms. The Bertz CT molecular complexity index is 184. The van der Waals surface area contributed by atoms with E-state index in [1.807, 2.05) is 6.20 Å². The van der Waals surface area contributed by atoms with Crippen LogP contribution in [0.4, 0.5) is 0 Å². The molecule has 0 aromatic rings. The fraction of sp³-hybridized carbons (Fsp3) is 0.571. The Morgan fingerprint density at radius 2 is 2.40 bits per heavy atom. The van der Waals surface area contributed by atoms with Crippen LogP contribution in [-0.2, 0) is 0 Å². The van der Waals surface area contributed by atoms with Crippen LogP contribution in [0.1, 0.15) is 13.8 Å². The number of hydrogen-bond acceptors (Lipinski definition) is 2. The van der Waals surface area contributed by atoms with E-state index in [-0.39, 0.29) is 0 Å². The van der Waals surface area contributed by atoms with Crippen molar-refractivity contribution >= 4 is 16.9 Å². The predicted octanol–water partition coefficient (Wildman–Crippen LogP) is 1.60. The van der Waals surface area contributed by atoms with E-state index in [9.17, 15) is 0 Å². The minimum Gasteiger partial charge on any atom is -0.342 e. The maximum absolute atomic E-state index is 4.06. The van der Waals surface area contributed by atoms with Gasteiger partial charge in [-0.3, -0.25) is 4.99 Å². The van der Waals surface area contributed by atoms with Crippen molar-refractivity contribution in [2.75, 3.05) is 7.05 Å². The summed E-state index contributed by atoms with van der Waals surface area (Å²) in [7, 11) is 1.80. The van der Waals surface area contributed by atoms with Gasteiger partial charge in [0.2, 0.25) is 0 Å². The third-order valence-corrected chi connectivity index (χ3v) is 2.81. The Hall–Kier alpha value is -0.440. The Balaban J connectivity index is 2.68. The van der Waals surface area contributed by atoms with Crippen LogP contribution in [0.5, 0.6) is 0 Å². The summed E-state index contributed by atoms with van der Waals surface area (Å²) in [6.45, 7) is 4.31. The van der Waals surface area contributed by atoms with Gasteiger partial charge in [0.1, 0.15) is 0 Å². The molecule has 1 aliphatic rings. The molecule has 0 radical (unpaired) electrons. The average molecular weight is 156 g/mol. The maximum Gasteiger partial charge on any atom is 0.160 e. The summed E-state index contributed by atoms with van der Waals surface area (Å²) in [5.74, 6) is 0. The molecule has 2 nitrogen and oxygen atoms in total. The number of aliphatic imine (C=N–C) groups is 1. The SMILES string of the molecule is CN=C1NC=C(C)C(C)S1. The fourth-order valence-electron chi connectivity index (χ4n) is 0.705. The molecule has 0 aromatic carbocycles. The van der Waals surface area contributed by atoms with E-state index in [0.29, 0.717) is 5.25 Å². The lowest BCUT2D eigenvalue weighted by atomic mass is 10.2. The standard InChI is InChI=1S/C7H12N2S/c1-5-4-9-7(8-3)10-6(5)2/h4,6H,1-3H3,(H,8,9). The minimum absolute atomic E-state index is 0.569. The smallest absolute Gasteiger partial charge is 0.160 e. The molecule has 0 saturated carbocycles. The minimum atomic E-state index is 0.569. The van der Waals surface area contributed by atoms with Gasteiger partial charge in [0.05, 0.1) is 0 Å². The topological polar surface area (TPSA) is 24.4 Å². The van der Waals surface area contributed by atoms with Crippen molar-refractivity contribution < 1.29 is 0 Å². The molecular weight excluding hydrogens is 144 g/mol. The van der Waals surface area contributed by atoms with E-state index in [1.54, 1.807) is 18.8 Å². The van der Waals surface area contributed by atoms with Crippen LogP contribution in [0.25, 0.3) is 0 Å². The number of nitrogens with one attached hydrogen (secondary N) is 1. The van der Waals surface area contributed by atoms with Crippen molar-refractivity contribution in [1.82, 2.24) is 5.32 Å². The molecule has 3 heteroatoms. The van der Waals surface area contributed by atoms with Crippen LogP contribution in [0.15, 0.2) is 16.8 Å². The zero-order chi connectivity index (χ0) is 7.56. The van der Waals surface area contributed by atoms with Gasteiger partial charge >= 0.3 is 0 Å². The Morgan fingerprint density at radius 3 is 2.90 bits per heavy atom. The van der Waals surface area contributed by atoms with E-state index in [1.165, 1.54) is 5.57 Å². The highest BCUT2D eigenvalue weighted by atomic mass is 32.2. The van der Waals surface area contributed by atoms with Crippen molar-refractivity contribution in [3.63, 3.8) is 0 Å². The molecule has 0 spiro atoms. The molecule has 0 fully saturated rings. The summed E-state index contributed by atoms with van der Waals surface area (Å²) < 4.78 is 0. The Kier molecular flexibility index (Phi) is 2.38. The number of thioether (sulfide) groups is 1. The molecule has 1 unspecified atom stereocenters. The van der Waals surface area contributed by atoms with Gasteiger partial charge in [-0.1, -0.05) is 11.8 Å². The summed E-state index contributed by atoms with van der Waals surface area (Å²) in [5, 5.41) is 4.68. The zero-order valence-corrected chi connectivity index (χ0v) is 7.33. The van der Waals surface area contributed by atoms with Gasteiger partial charge in [0, 0.05) is 18.5 Å². The van der Waals surface area contributed by atoms with E-state index >= 15 is 0 Å². The fourth-order valence-corrected chi connectivity index (χ4v) is 1.53. The molecule has 56 valence electrons. The second kappa shape index (κ2) is 3.10. The van der Waals surface area contributed by atoms with Gasteiger partial charge in [0.15, 0.2) is 5.17 Å². The summed E-state index contributed by atoms with van der Waals surface area (Å²) in [6.07, 6.45) is 2.02. The molecule has 1 atom stereocenters. The van der Waals surface area contributed by atoms with E-state index in [0.717, 1.165) is 5.17 Å². The van der Waals surface area contributed by atoms with Gasteiger partial charge in [0.25, 0.3) is 0 Å². The number of amidine groups is 1. The van der Waals surface area contributed by atoms with E-state index < -0.39 is 0 Å². The first-order chi connectivity index (χ1) is 4.74. The summed E-state index contributed by atoms with van der Waals surface area (Å²) in [5.41, 5.74) is 1.37. The van der Waals surface area contributed by atoms with Crippen LogP contribution in [0.2, 0.25) is 0 Å². The van der Waals surface area contributed by atoms with E-state index in [4.69, 9.17) is 0 Å². The van der Waals surface area contributed by atoms with Gasteiger partial charge in [-0.25, -0.2) is 0 Å². The second-order valence-electron chi connectivity index (χ2n) is 2.32. The third kappa shape index (κ3) is 1.53. The zero-order valence-electron chi connectivity index (χ0n) is 6.51. The maximum atomic E-state index is 4.06. The molecule has 1 N–H and O–H groups in total. The Labute approximate surface area is 65.8 Å². The first kappa shape index (κ1) is 7.66. The van der Waals surface area contributed by atoms with Crippen molar-refractivity contribution in [3.8, 4) is 0 Å². The second-order valence-corrected chi connectivity index (χ2v) is 3.65. The molecule has 0 aliphatic carbocycles. The molecular formula is C7H12N2S. The van der Waals surface area contributed by atoms with Crippen LogP contribution < -0.4 is 5.32 Å². The molecule has 0 aromatic heterocycles. The third-order valence-electron chi connectivity index (χ3n) is 1.56. The number of rotatable bonds is 0. The monoisotopic (exact) mass is 156 g/mol. The molecule has 0 saturated heterocycles. The van der Waals surface area contributed by atoms with Crippen LogP contribution in [-0.4, -0.2) is 17.5 Å². The summed E-state index contributed by atoms with van der Waals surface area (Å²) >= 11 is 1.77. The van der Waals surface area contributed by atoms with Crippen LogP contribution >= 0.6 is 11.8 Å². The summed E-state index contributed by atoms with van der Waals surface area (Å²) in [6, 6.07) is 0.